The predicted molar refractivity (Wildman–Crippen MR) is 74.7 cm³/mol. The number of aromatic hydroxyl groups is 1. The number of benzene rings is 1. The van der Waals surface area contributed by atoms with Gasteiger partial charge in [0, 0.05) is 5.69 Å². The van der Waals surface area contributed by atoms with Crippen LogP contribution in [0.15, 0.2) is 30.4 Å². The smallest absolute Gasteiger partial charge is 0.307 e. The molecule has 0 heterocycles. The number of hydrogen-bond acceptors (Lipinski definition) is 3. The molecule has 0 spiro atoms. The Kier molecular flexibility index (Phi) is 4.29. The Morgan fingerprint density at radius 3 is 2.45 bits per heavy atom. The van der Waals surface area contributed by atoms with Crippen LogP contribution in [0.4, 0.5) is 5.69 Å². The van der Waals surface area contributed by atoms with Crippen molar-refractivity contribution in [2.75, 3.05) is 5.32 Å². The number of hydrogen-bond donors (Lipinski definition) is 3. The number of phenolic OH excluding ortho intramolecular Hbond substituents is 1. The van der Waals surface area contributed by atoms with Crippen LogP contribution in [-0.4, -0.2) is 22.1 Å². The molecule has 6 heteroatoms. The van der Waals surface area contributed by atoms with Crippen molar-refractivity contribution in [1.29, 1.82) is 0 Å². The number of carboxylic acids is 1. The summed E-state index contributed by atoms with van der Waals surface area (Å²) in [5.41, 5.74) is 0.427. The summed E-state index contributed by atoms with van der Waals surface area (Å²) in [4.78, 5) is 23.3. The third-order valence-corrected chi connectivity index (χ3v) is 3.60. The number of rotatable bonds is 3. The van der Waals surface area contributed by atoms with Crippen LogP contribution in [0.5, 0.6) is 5.75 Å². The molecule has 0 radical (unpaired) electrons. The van der Waals surface area contributed by atoms with Gasteiger partial charge in [-0.15, -0.1) is 0 Å². The molecule has 0 bridgehead atoms. The first-order valence-corrected chi connectivity index (χ1v) is 6.54. The maximum Gasteiger partial charge on any atom is 0.307 e. The van der Waals surface area contributed by atoms with Crippen LogP contribution in [0, 0.1) is 11.8 Å². The van der Waals surface area contributed by atoms with Crippen LogP contribution in [0.1, 0.15) is 12.8 Å². The summed E-state index contributed by atoms with van der Waals surface area (Å²) in [5.74, 6) is -2.73. The Bertz CT molecular complexity index is 570. The van der Waals surface area contributed by atoms with Gasteiger partial charge in [-0.1, -0.05) is 23.8 Å². The molecule has 5 nitrogen and oxygen atoms in total. The Morgan fingerprint density at radius 1 is 1.20 bits per heavy atom. The molecule has 20 heavy (non-hydrogen) atoms. The molecule has 0 saturated carbocycles. The van der Waals surface area contributed by atoms with Crippen molar-refractivity contribution in [2.45, 2.75) is 12.8 Å². The lowest BCUT2D eigenvalue weighted by atomic mass is 9.82. The van der Waals surface area contributed by atoms with Gasteiger partial charge in [0.2, 0.25) is 5.91 Å². The van der Waals surface area contributed by atoms with E-state index in [1.165, 1.54) is 18.2 Å². The van der Waals surface area contributed by atoms with E-state index >= 15 is 0 Å². The molecular formula is C14H14ClNO4. The number of nitrogens with one attached hydrogen (secondary N) is 1. The first-order chi connectivity index (χ1) is 9.49. The van der Waals surface area contributed by atoms with Gasteiger partial charge in [0.1, 0.15) is 5.75 Å². The van der Waals surface area contributed by atoms with Crippen LogP contribution < -0.4 is 5.32 Å². The number of aliphatic carboxylic acids is 1. The molecule has 106 valence electrons. The van der Waals surface area contributed by atoms with Gasteiger partial charge in [0.05, 0.1) is 16.9 Å². The van der Waals surface area contributed by atoms with E-state index in [9.17, 15) is 14.7 Å². The van der Waals surface area contributed by atoms with E-state index in [-0.39, 0.29) is 16.7 Å². The first kappa shape index (κ1) is 14.4. The number of carbonyl (C=O) groups is 2. The number of carbonyl (C=O) groups excluding carboxylic acids is 1. The van der Waals surface area contributed by atoms with E-state index in [1.54, 1.807) is 6.08 Å². The summed E-state index contributed by atoms with van der Waals surface area (Å²) in [6.07, 6.45) is 4.34. The average molecular weight is 296 g/mol. The van der Waals surface area contributed by atoms with Gasteiger partial charge in [0.15, 0.2) is 0 Å². The summed E-state index contributed by atoms with van der Waals surface area (Å²) >= 11 is 5.76. The SMILES string of the molecule is O=C(O)C1CC=CCC1C(=O)Nc1ccc(O)c(Cl)c1. The van der Waals surface area contributed by atoms with Gasteiger partial charge in [0.25, 0.3) is 0 Å². The Morgan fingerprint density at radius 2 is 1.85 bits per heavy atom. The largest absolute Gasteiger partial charge is 0.506 e. The normalized spacial score (nSPS) is 21.4. The molecular weight excluding hydrogens is 282 g/mol. The zero-order valence-electron chi connectivity index (χ0n) is 10.5. The van der Waals surface area contributed by atoms with Crippen LogP contribution in [0.2, 0.25) is 5.02 Å². The highest BCUT2D eigenvalue weighted by Gasteiger charge is 2.33. The fourth-order valence-corrected chi connectivity index (χ4v) is 2.38. The minimum absolute atomic E-state index is 0.0753. The molecule has 1 amide bonds. The van der Waals surface area contributed by atoms with Crippen LogP contribution in [0.3, 0.4) is 0 Å². The Hall–Kier alpha value is -2.01. The molecule has 0 aromatic heterocycles. The number of phenols is 1. The lowest BCUT2D eigenvalue weighted by molar-refractivity contribution is -0.146. The van der Waals surface area contributed by atoms with E-state index < -0.39 is 17.8 Å². The maximum absolute atomic E-state index is 12.2. The van der Waals surface area contributed by atoms with E-state index in [1.807, 2.05) is 6.08 Å². The van der Waals surface area contributed by atoms with Gasteiger partial charge in [-0.25, -0.2) is 0 Å². The van der Waals surface area contributed by atoms with Crippen LogP contribution in [-0.2, 0) is 9.59 Å². The molecule has 1 aromatic carbocycles. The monoisotopic (exact) mass is 295 g/mol. The standard InChI is InChI=1S/C14H14ClNO4/c15-11-7-8(5-6-12(11)17)16-13(18)9-3-1-2-4-10(9)14(19)20/h1-2,5-7,9-10,17H,3-4H2,(H,16,18)(H,19,20). The fraction of sp³-hybridized carbons (Fsp3) is 0.286. The number of halogens is 1. The highest BCUT2D eigenvalue weighted by atomic mass is 35.5. The molecule has 2 unspecified atom stereocenters. The summed E-state index contributed by atoms with van der Waals surface area (Å²) in [6.45, 7) is 0. The quantitative estimate of drug-likeness (QED) is 0.591. The lowest BCUT2D eigenvalue weighted by Gasteiger charge is -2.24. The molecule has 0 aliphatic heterocycles. The third kappa shape index (κ3) is 3.11. The second kappa shape index (κ2) is 5.96. The Labute approximate surface area is 120 Å². The van der Waals surface area contributed by atoms with Gasteiger partial charge >= 0.3 is 5.97 Å². The van der Waals surface area contributed by atoms with Gasteiger partial charge in [-0.2, -0.15) is 0 Å². The van der Waals surface area contributed by atoms with Gasteiger partial charge in [-0.05, 0) is 31.0 Å². The first-order valence-electron chi connectivity index (χ1n) is 6.16. The topological polar surface area (TPSA) is 86.6 Å². The van der Waals surface area contributed by atoms with Crippen molar-refractivity contribution in [1.82, 2.24) is 0 Å². The van der Waals surface area contributed by atoms with E-state index in [4.69, 9.17) is 16.7 Å². The van der Waals surface area contributed by atoms with Crippen LogP contribution in [0.25, 0.3) is 0 Å². The molecule has 1 aliphatic carbocycles. The second-order valence-corrected chi connectivity index (χ2v) is 5.06. The highest BCUT2D eigenvalue weighted by Crippen LogP contribution is 2.29. The van der Waals surface area contributed by atoms with Crippen molar-refractivity contribution in [3.05, 3.63) is 35.4 Å². The summed E-state index contributed by atoms with van der Waals surface area (Å²) in [7, 11) is 0. The third-order valence-electron chi connectivity index (χ3n) is 3.30. The minimum Gasteiger partial charge on any atom is -0.506 e. The highest BCUT2D eigenvalue weighted by molar-refractivity contribution is 6.32. The summed E-state index contributed by atoms with van der Waals surface area (Å²) < 4.78 is 0. The van der Waals surface area contributed by atoms with E-state index in [0.29, 0.717) is 18.5 Å². The Balaban J connectivity index is 2.12. The van der Waals surface area contributed by atoms with Crippen molar-refractivity contribution >= 4 is 29.2 Å². The number of amides is 1. The van der Waals surface area contributed by atoms with Crippen molar-refractivity contribution in [3.8, 4) is 5.75 Å². The molecule has 2 rings (SSSR count). The molecule has 2 atom stereocenters. The van der Waals surface area contributed by atoms with E-state index in [0.717, 1.165) is 0 Å². The zero-order chi connectivity index (χ0) is 14.7. The molecule has 0 saturated heterocycles. The number of anilines is 1. The lowest BCUT2D eigenvalue weighted by Crippen LogP contribution is -2.34. The maximum atomic E-state index is 12.2. The minimum atomic E-state index is -0.974. The summed E-state index contributed by atoms with van der Waals surface area (Å²) in [5, 5.41) is 21.2. The second-order valence-electron chi connectivity index (χ2n) is 4.65. The zero-order valence-corrected chi connectivity index (χ0v) is 11.3. The van der Waals surface area contributed by atoms with Crippen molar-refractivity contribution < 1.29 is 19.8 Å². The number of allylic oxidation sites excluding steroid dienone is 2. The van der Waals surface area contributed by atoms with Crippen molar-refractivity contribution in [2.24, 2.45) is 11.8 Å². The van der Waals surface area contributed by atoms with Gasteiger partial charge < -0.3 is 15.5 Å². The van der Waals surface area contributed by atoms with Crippen molar-refractivity contribution in [3.63, 3.8) is 0 Å². The molecule has 3 N–H and O–H groups in total. The molecule has 1 aromatic rings. The summed E-state index contributed by atoms with van der Waals surface area (Å²) in [6, 6.07) is 4.30. The molecule has 0 fully saturated rings. The van der Waals surface area contributed by atoms with Gasteiger partial charge in [-0.3, -0.25) is 9.59 Å². The predicted octanol–water partition coefficient (Wildman–Crippen LogP) is 2.65. The average Bonchev–Trinajstić information content (AvgIpc) is 2.43. The van der Waals surface area contributed by atoms with E-state index in [2.05, 4.69) is 5.32 Å². The number of carboxylic acid groups (broad SMARTS) is 1. The fourth-order valence-electron chi connectivity index (χ4n) is 2.20. The van der Waals surface area contributed by atoms with Crippen LogP contribution >= 0.6 is 11.6 Å². The molecule has 1 aliphatic rings.